The lowest BCUT2D eigenvalue weighted by Gasteiger charge is -2.12. The molecule has 2 N–H and O–H groups in total. The van der Waals surface area contributed by atoms with Gasteiger partial charge in [-0.2, -0.15) is 5.10 Å². The van der Waals surface area contributed by atoms with Crippen LogP contribution in [0.15, 0.2) is 23.3 Å². The minimum atomic E-state index is -0.656. The maximum absolute atomic E-state index is 13.6. The van der Waals surface area contributed by atoms with Crippen molar-refractivity contribution < 1.29 is 13.5 Å². The SMILES string of the molecule is C/C(=N\NC(=S)NCC1CCCO1)c1ccc(F)cc1F. The number of hydrogen-bond acceptors (Lipinski definition) is 3. The third-order valence-corrected chi connectivity index (χ3v) is 3.40. The average Bonchev–Trinajstić information content (AvgIpc) is 2.95. The van der Waals surface area contributed by atoms with Crippen molar-refractivity contribution >= 4 is 23.0 Å². The predicted molar refractivity (Wildman–Crippen MR) is 81.3 cm³/mol. The van der Waals surface area contributed by atoms with Gasteiger partial charge in [0.15, 0.2) is 5.11 Å². The maximum Gasteiger partial charge on any atom is 0.187 e. The van der Waals surface area contributed by atoms with E-state index in [4.69, 9.17) is 17.0 Å². The van der Waals surface area contributed by atoms with Gasteiger partial charge in [0.05, 0.1) is 11.8 Å². The number of rotatable bonds is 4. The zero-order valence-corrected chi connectivity index (χ0v) is 12.5. The molecule has 0 aliphatic carbocycles. The van der Waals surface area contributed by atoms with Crippen LogP contribution in [0.5, 0.6) is 0 Å². The predicted octanol–water partition coefficient (Wildman–Crippen LogP) is 2.33. The molecule has 1 heterocycles. The van der Waals surface area contributed by atoms with Crippen LogP contribution in [0.25, 0.3) is 0 Å². The summed E-state index contributed by atoms with van der Waals surface area (Å²) in [5.41, 5.74) is 3.25. The Balaban J connectivity index is 1.85. The molecule has 0 amide bonds. The Kier molecular flexibility index (Phi) is 5.58. The van der Waals surface area contributed by atoms with Crippen molar-refractivity contribution in [3.63, 3.8) is 0 Å². The molecule has 0 bridgehead atoms. The molecule has 0 radical (unpaired) electrons. The Morgan fingerprint density at radius 2 is 2.29 bits per heavy atom. The molecule has 1 aliphatic heterocycles. The van der Waals surface area contributed by atoms with Gasteiger partial charge >= 0.3 is 0 Å². The molecule has 0 saturated carbocycles. The first kappa shape index (κ1) is 15.8. The highest BCUT2D eigenvalue weighted by atomic mass is 32.1. The number of ether oxygens (including phenoxy) is 1. The number of nitrogens with one attached hydrogen (secondary N) is 2. The molecule has 0 aromatic heterocycles. The van der Waals surface area contributed by atoms with Crippen LogP contribution in [0.3, 0.4) is 0 Å². The molecule has 1 saturated heterocycles. The summed E-state index contributed by atoms with van der Waals surface area (Å²) in [5, 5.41) is 7.32. The van der Waals surface area contributed by atoms with Gasteiger partial charge in [0.25, 0.3) is 0 Å². The van der Waals surface area contributed by atoms with Crippen LogP contribution >= 0.6 is 12.2 Å². The van der Waals surface area contributed by atoms with E-state index in [1.165, 1.54) is 12.1 Å². The first-order valence-electron chi connectivity index (χ1n) is 6.71. The molecule has 1 aromatic rings. The van der Waals surface area contributed by atoms with Gasteiger partial charge in [0.1, 0.15) is 11.6 Å². The van der Waals surface area contributed by atoms with Crippen LogP contribution < -0.4 is 10.7 Å². The Morgan fingerprint density at radius 3 is 2.95 bits per heavy atom. The average molecular weight is 313 g/mol. The van der Waals surface area contributed by atoms with E-state index in [-0.39, 0.29) is 11.7 Å². The summed E-state index contributed by atoms with van der Waals surface area (Å²) in [5.74, 6) is -1.28. The number of hydrazone groups is 1. The lowest BCUT2D eigenvalue weighted by molar-refractivity contribution is 0.114. The molecule has 1 fully saturated rings. The summed E-state index contributed by atoms with van der Waals surface area (Å²) in [6.45, 7) is 3.02. The Labute approximate surface area is 127 Å². The molecular formula is C14H17F2N3OS. The van der Waals surface area contributed by atoms with Crippen LogP contribution in [0.1, 0.15) is 25.3 Å². The van der Waals surface area contributed by atoms with Gasteiger partial charge < -0.3 is 10.1 Å². The number of hydrogen-bond donors (Lipinski definition) is 2. The zero-order valence-electron chi connectivity index (χ0n) is 11.7. The van der Waals surface area contributed by atoms with Crippen molar-refractivity contribution in [2.24, 2.45) is 5.10 Å². The summed E-state index contributed by atoms with van der Waals surface area (Å²) in [7, 11) is 0. The number of halogens is 2. The molecule has 1 atom stereocenters. The third kappa shape index (κ3) is 4.71. The summed E-state index contributed by atoms with van der Waals surface area (Å²) in [6, 6.07) is 3.35. The third-order valence-electron chi connectivity index (χ3n) is 3.16. The topological polar surface area (TPSA) is 45.7 Å². The first-order chi connectivity index (χ1) is 10.1. The van der Waals surface area contributed by atoms with Crippen LogP contribution in [0.4, 0.5) is 8.78 Å². The van der Waals surface area contributed by atoms with Crippen molar-refractivity contribution in [3.8, 4) is 0 Å². The van der Waals surface area contributed by atoms with Gasteiger partial charge in [-0.25, -0.2) is 8.78 Å². The zero-order chi connectivity index (χ0) is 15.2. The standard InChI is InChI=1S/C14H17F2N3OS/c1-9(12-5-4-10(15)7-13(12)16)18-19-14(21)17-8-11-3-2-6-20-11/h4-5,7,11H,2-3,6,8H2,1H3,(H2,17,19,21)/b18-9+. The molecule has 1 aromatic carbocycles. The van der Waals surface area contributed by atoms with E-state index in [9.17, 15) is 8.78 Å². The molecule has 7 heteroatoms. The number of nitrogens with zero attached hydrogens (tertiary/aromatic N) is 1. The van der Waals surface area contributed by atoms with E-state index in [1.54, 1.807) is 6.92 Å². The fraction of sp³-hybridized carbons (Fsp3) is 0.429. The van der Waals surface area contributed by atoms with E-state index in [0.717, 1.165) is 25.5 Å². The highest BCUT2D eigenvalue weighted by Crippen LogP contribution is 2.11. The molecule has 4 nitrogen and oxygen atoms in total. The van der Waals surface area contributed by atoms with Crippen LogP contribution in [0, 0.1) is 11.6 Å². The normalized spacial score (nSPS) is 18.6. The Bertz CT molecular complexity index is 545. The lowest BCUT2D eigenvalue weighted by Crippen LogP contribution is -2.37. The summed E-state index contributed by atoms with van der Waals surface area (Å²) in [6.07, 6.45) is 2.25. The van der Waals surface area contributed by atoms with Crippen LogP contribution in [-0.2, 0) is 4.74 Å². The molecular weight excluding hydrogens is 296 g/mol. The first-order valence-corrected chi connectivity index (χ1v) is 7.12. The van der Waals surface area contributed by atoms with Gasteiger partial charge in [0, 0.05) is 24.8 Å². The molecule has 1 aliphatic rings. The van der Waals surface area contributed by atoms with E-state index in [2.05, 4.69) is 15.8 Å². The van der Waals surface area contributed by atoms with E-state index >= 15 is 0 Å². The molecule has 2 rings (SSSR count). The highest BCUT2D eigenvalue weighted by Gasteiger charge is 2.15. The van der Waals surface area contributed by atoms with Crippen molar-refractivity contribution in [2.45, 2.75) is 25.9 Å². The lowest BCUT2D eigenvalue weighted by atomic mass is 10.1. The Morgan fingerprint density at radius 1 is 1.48 bits per heavy atom. The smallest absolute Gasteiger partial charge is 0.187 e. The van der Waals surface area contributed by atoms with E-state index in [1.807, 2.05) is 0 Å². The van der Waals surface area contributed by atoms with Crippen molar-refractivity contribution in [2.75, 3.05) is 13.2 Å². The van der Waals surface area contributed by atoms with Gasteiger partial charge in [0.2, 0.25) is 0 Å². The number of benzene rings is 1. The molecule has 114 valence electrons. The van der Waals surface area contributed by atoms with E-state index < -0.39 is 11.6 Å². The maximum atomic E-state index is 13.6. The minimum absolute atomic E-state index is 0.171. The van der Waals surface area contributed by atoms with Crippen molar-refractivity contribution in [1.29, 1.82) is 0 Å². The second kappa shape index (κ2) is 7.42. The van der Waals surface area contributed by atoms with Crippen molar-refractivity contribution in [3.05, 3.63) is 35.4 Å². The largest absolute Gasteiger partial charge is 0.376 e. The second-order valence-electron chi connectivity index (χ2n) is 4.78. The highest BCUT2D eigenvalue weighted by molar-refractivity contribution is 7.80. The fourth-order valence-corrected chi connectivity index (χ4v) is 2.16. The van der Waals surface area contributed by atoms with Gasteiger partial charge in [-0.05, 0) is 44.1 Å². The molecule has 21 heavy (non-hydrogen) atoms. The molecule has 0 spiro atoms. The summed E-state index contributed by atoms with van der Waals surface area (Å²) >= 11 is 5.07. The summed E-state index contributed by atoms with van der Waals surface area (Å²) in [4.78, 5) is 0. The van der Waals surface area contributed by atoms with Crippen LogP contribution in [0.2, 0.25) is 0 Å². The van der Waals surface area contributed by atoms with Gasteiger partial charge in [-0.3, -0.25) is 5.43 Å². The number of thiocarbonyl (C=S) groups is 1. The minimum Gasteiger partial charge on any atom is -0.376 e. The van der Waals surface area contributed by atoms with Crippen molar-refractivity contribution in [1.82, 2.24) is 10.7 Å². The molecule has 1 unspecified atom stereocenters. The van der Waals surface area contributed by atoms with Crippen LogP contribution in [-0.4, -0.2) is 30.1 Å². The van der Waals surface area contributed by atoms with Gasteiger partial charge in [-0.1, -0.05) is 0 Å². The van der Waals surface area contributed by atoms with Gasteiger partial charge in [-0.15, -0.1) is 0 Å². The van der Waals surface area contributed by atoms with E-state index in [0.29, 0.717) is 17.4 Å². The monoisotopic (exact) mass is 313 g/mol. The fourth-order valence-electron chi connectivity index (χ4n) is 2.03. The quantitative estimate of drug-likeness (QED) is 0.509. The summed E-state index contributed by atoms with van der Waals surface area (Å²) < 4.78 is 31.9. The Hall–Kier alpha value is -1.60. The second-order valence-corrected chi connectivity index (χ2v) is 5.19.